The molecule has 8 nitrogen and oxygen atoms in total. The molecule has 1 aliphatic rings. The number of rotatable bonds is 12. The molecule has 0 saturated carbocycles. The van der Waals surface area contributed by atoms with Crippen molar-refractivity contribution in [2.45, 2.75) is 39.1 Å². The van der Waals surface area contributed by atoms with Gasteiger partial charge in [-0.05, 0) is 24.6 Å². The molecule has 0 bridgehead atoms. The van der Waals surface area contributed by atoms with Gasteiger partial charge in [0.2, 0.25) is 0 Å². The third-order valence-electron chi connectivity index (χ3n) is 6.56. The van der Waals surface area contributed by atoms with Gasteiger partial charge in [0.15, 0.2) is 0 Å². The topological polar surface area (TPSA) is 96.4 Å². The first kappa shape index (κ1) is 33.1. The number of nitrogens with zero attached hydrogens (tertiary/aromatic N) is 4. The second-order valence-electron chi connectivity index (χ2n) is 10.4. The zero-order valence-electron chi connectivity index (χ0n) is 22.7. The van der Waals surface area contributed by atoms with Crippen molar-refractivity contribution in [2.24, 2.45) is 0 Å². The van der Waals surface area contributed by atoms with Gasteiger partial charge in [-0.1, -0.05) is 67.6 Å². The van der Waals surface area contributed by atoms with Crippen LogP contribution in [0.15, 0.2) is 60.7 Å². The predicted molar refractivity (Wildman–Crippen MR) is 145 cm³/mol. The normalized spacial score (nSPS) is 19.5. The summed E-state index contributed by atoms with van der Waals surface area (Å²) in [6, 6.07) is 19.9. The number of β-amino-alcohol motifs (C(OH)–C–C–N with tert-alkyl or cyclic N) is 1. The standard InChI is InChI=1S/C28H44N4O4P.Fe/c1-25(33)19-29-13-14-30(20-26(2)34)16-18-31(17-15-29)23-37(35,36)24-32(21-27-9-5-3-6-10-27)22-28-11-7-4-8-12-28;/h3-12,25-26,33H,13-24H2,1-2H3,(H,35,36);/q-1;+3/p-1/t25-,26-;/m0./s1. The molecule has 1 saturated heterocycles. The summed E-state index contributed by atoms with van der Waals surface area (Å²) in [5.74, 6) is 0. The Balaban J connectivity index is 0.00000507. The van der Waals surface area contributed by atoms with E-state index in [1.54, 1.807) is 13.8 Å². The average Bonchev–Trinajstić information content (AvgIpc) is 2.91. The van der Waals surface area contributed by atoms with E-state index in [0.29, 0.717) is 52.4 Å². The predicted octanol–water partition coefficient (Wildman–Crippen LogP) is 1.29. The minimum absolute atomic E-state index is 0. The first-order chi connectivity index (χ1) is 17.7. The van der Waals surface area contributed by atoms with Gasteiger partial charge in [0.25, 0.3) is 0 Å². The maximum Gasteiger partial charge on any atom is 3.00 e. The van der Waals surface area contributed by atoms with Crippen LogP contribution in [0, 0.1) is 0 Å². The molecule has 0 aliphatic carbocycles. The summed E-state index contributed by atoms with van der Waals surface area (Å²) in [6.45, 7) is 9.55. The molecule has 1 fully saturated rings. The Hall–Kier alpha value is -1.09. The van der Waals surface area contributed by atoms with Gasteiger partial charge in [0.05, 0.1) is 6.10 Å². The Morgan fingerprint density at radius 2 is 1.24 bits per heavy atom. The minimum Gasteiger partial charge on any atom is -0.851 e. The molecule has 38 heavy (non-hydrogen) atoms. The second kappa shape index (κ2) is 16.9. The molecule has 2 aromatic carbocycles. The summed E-state index contributed by atoms with van der Waals surface area (Å²) in [7, 11) is -3.78. The molecule has 3 rings (SSSR count). The Morgan fingerprint density at radius 3 is 1.66 bits per heavy atom. The van der Waals surface area contributed by atoms with Gasteiger partial charge < -0.3 is 24.6 Å². The van der Waals surface area contributed by atoms with E-state index in [2.05, 4.69) is 9.80 Å². The third kappa shape index (κ3) is 12.8. The van der Waals surface area contributed by atoms with Gasteiger partial charge >= 0.3 is 17.1 Å². The molecule has 1 radical (unpaired) electrons. The number of hydrogen-bond donors (Lipinski definition) is 1. The molecule has 1 aliphatic heterocycles. The van der Waals surface area contributed by atoms with Crippen molar-refractivity contribution in [1.82, 2.24) is 19.6 Å². The summed E-state index contributed by atoms with van der Waals surface area (Å²) in [4.78, 5) is 21.8. The SMILES string of the molecule is C[C@H]([O-])CN1CCN(C[C@H](C)O)CCN(CP(=O)([O-])CN(Cc2ccccc2)Cc2ccccc2)CC1.[Fe+3]. The van der Waals surface area contributed by atoms with Gasteiger partial charge in [-0.3, -0.25) is 14.7 Å². The van der Waals surface area contributed by atoms with Crippen LogP contribution in [0.5, 0.6) is 0 Å². The van der Waals surface area contributed by atoms with Crippen LogP contribution in [-0.2, 0) is 34.7 Å². The monoisotopic (exact) mass is 586 g/mol. The van der Waals surface area contributed by atoms with Gasteiger partial charge in [0, 0.05) is 78.8 Å². The van der Waals surface area contributed by atoms with Crippen molar-refractivity contribution in [2.75, 3.05) is 64.9 Å². The van der Waals surface area contributed by atoms with Crippen molar-refractivity contribution in [1.29, 1.82) is 0 Å². The third-order valence-corrected chi connectivity index (χ3v) is 8.23. The summed E-state index contributed by atoms with van der Waals surface area (Å²) >= 11 is 0. The number of hydrogen-bond acceptors (Lipinski definition) is 8. The first-order valence-corrected chi connectivity index (χ1v) is 15.3. The molecule has 0 aromatic heterocycles. The van der Waals surface area contributed by atoms with E-state index < -0.39 is 19.6 Å². The largest absolute Gasteiger partial charge is 3.00 e. The van der Waals surface area contributed by atoms with Crippen LogP contribution in [0.3, 0.4) is 0 Å². The Kier molecular flexibility index (Phi) is 14.7. The fourth-order valence-corrected chi connectivity index (χ4v) is 6.71. The van der Waals surface area contributed by atoms with E-state index >= 15 is 0 Å². The molecule has 0 amide bonds. The molecule has 0 spiro atoms. The maximum absolute atomic E-state index is 13.5. The summed E-state index contributed by atoms with van der Waals surface area (Å²) in [5, 5.41) is 21.8. The summed E-state index contributed by atoms with van der Waals surface area (Å²) < 4.78 is 13.5. The van der Waals surface area contributed by atoms with E-state index in [-0.39, 0.29) is 29.6 Å². The van der Waals surface area contributed by atoms with Crippen LogP contribution in [0.4, 0.5) is 0 Å². The molecule has 1 heterocycles. The van der Waals surface area contributed by atoms with E-state index in [1.807, 2.05) is 70.5 Å². The summed E-state index contributed by atoms with van der Waals surface area (Å²) in [6.07, 6.45) is -1.17. The zero-order valence-corrected chi connectivity index (χ0v) is 24.7. The van der Waals surface area contributed by atoms with Gasteiger partial charge in [0.1, 0.15) is 0 Å². The number of benzene rings is 2. The van der Waals surface area contributed by atoms with Crippen molar-refractivity contribution in [3.8, 4) is 0 Å². The van der Waals surface area contributed by atoms with Crippen LogP contribution >= 0.6 is 7.37 Å². The molecule has 2 aromatic rings. The Morgan fingerprint density at radius 1 is 0.816 bits per heavy atom. The fraction of sp³-hybridized carbons (Fsp3) is 0.571. The van der Waals surface area contributed by atoms with Gasteiger partial charge in [-0.2, -0.15) is 0 Å². The van der Waals surface area contributed by atoms with Crippen molar-refractivity contribution in [3.63, 3.8) is 0 Å². The van der Waals surface area contributed by atoms with Crippen LogP contribution in [0.1, 0.15) is 25.0 Å². The van der Waals surface area contributed by atoms with Crippen LogP contribution in [0.2, 0.25) is 0 Å². The molecule has 3 atom stereocenters. The summed E-state index contributed by atoms with van der Waals surface area (Å²) in [5.41, 5.74) is 2.16. The molecule has 1 unspecified atom stereocenters. The quantitative estimate of drug-likeness (QED) is 0.294. The van der Waals surface area contributed by atoms with Crippen LogP contribution in [0.25, 0.3) is 0 Å². The Labute approximate surface area is 239 Å². The molecular weight excluding hydrogens is 543 g/mol. The van der Waals surface area contributed by atoms with Crippen LogP contribution in [-0.4, -0.2) is 102 Å². The zero-order chi connectivity index (χ0) is 26.7. The van der Waals surface area contributed by atoms with E-state index in [4.69, 9.17) is 0 Å². The van der Waals surface area contributed by atoms with E-state index in [9.17, 15) is 19.7 Å². The smallest absolute Gasteiger partial charge is 0.851 e. The maximum atomic E-state index is 13.5. The van der Waals surface area contributed by atoms with E-state index in [1.165, 1.54) is 0 Å². The average molecular weight is 586 g/mol. The van der Waals surface area contributed by atoms with Gasteiger partial charge in [-0.25, -0.2) is 0 Å². The number of aliphatic hydroxyl groups is 1. The van der Waals surface area contributed by atoms with Crippen molar-refractivity contribution >= 4 is 7.37 Å². The van der Waals surface area contributed by atoms with Crippen LogP contribution < -0.4 is 10.00 Å². The molecular formula is C28H43FeN4O4P+. The minimum atomic E-state index is -3.78. The fourth-order valence-electron chi connectivity index (χ4n) is 4.92. The second-order valence-corrected chi connectivity index (χ2v) is 12.6. The molecule has 211 valence electrons. The first-order valence-electron chi connectivity index (χ1n) is 13.3. The van der Waals surface area contributed by atoms with Crippen molar-refractivity contribution in [3.05, 3.63) is 71.8 Å². The van der Waals surface area contributed by atoms with Gasteiger partial charge in [-0.15, -0.1) is 6.10 Å². The van der Waals surface area contributed by atoms with E-state index in [0.717, 1.165) is 24.2 Å². The molecule has 1 N–H and O–H groups in total. The van der Waals surface area contributed by atoms with Crippen molar-refractivity contribution < 1.29 is 36.7 Å². The Bertz CT molecular complexity index is 891. The molecule has 10 heteroatoms. The number of aliphatic hydroxyl groups excluding tert-OH is 1.